The lowest BCUT2D eigenvalue weighted by Gasteiger charge is -2.06. The fourth-order valence-electron chi connectivity index (χ4n) is 1.58. The monoisotopic (exact) mass is 292 g/mol. The summed E-state index contributed by atoms with van der Waals surface area (Å²) in [6.45, 7) is 4.05. The Labute approximate surface area is 120 Å². The number of carboxylic acid groups (broad SMARTS) is 1. The first kappa shape index (κ1) is 14.5. The molecule has 0 radical (unpaired) electrons. The van der Waals surface area contributed by atoms with Crippen LogP contribution < -0.4 is 0 Å². The van der Waals surface area contributed by atoms with Crippen LogP contribution in [0.2, 0.25) is 0 Å². The first-order valence-electron chi connectivity index (χ1n) is 6.00. The van der Waals surface area contributed by atoms with Crippen LogP contribution in [0.15, 0.2) is 40.5 Å². The van der Waals surface area contributed by atoms with E-state index in [1.54, 1.807) is 0 Å². The molecule has 104 valence electrons. The highest BCUT2D eigenvalue weighted by Crippen LogP contribution is 2.28. The molecule has 1 N–H and O–H groups in total. The molecule has 0 aliphatic rings. The Balaban J connectivity index is 2.28. The van der Waals surface area contributed by atoms with Gasteiger partial charge in [0.25, 0.3) is 0 Å². The Kier molecular flexibility index (Phi) is 4.34. The minimum Gasteiger partial charge on any atom is -0.478 e. The Morgan fingerprint density at radius 1 is 1.30 bits per heavy atom. The third-order valence-corrected chi connectivity index (χ3v) is 3.57. The van der Waals surface area contributed by atoms with Gasteiger partial charge in [0, 0.05) is 10.6 Å². The second kappa shape index (κ2) is 6.00. The lowest BCUT2D eigenvalue weighted by molar-refractivity contribution is 0.0691. The lowest BCUT2D eigenvalue weighted by Crippen LogP contribution is -2.00. The first-order valence-corrected chi connectivity index (χ1v) is 6.81. The van der Waals surface area contributed by atoms with E-state index in [0.29, 0.717) is 9.92 Å². The molecule has 20 heavy (non-hydrogen) atoms. The number of hydrogen-bond acceptors (Lipinski definition) is 4. The summed E-state index contributed by atoms with van der Waals surface area (Å²) >= 11 is 1.28. The maximum absolute atomic E-state index is 13.3. The van der Waals surface area contributed by atoms with Gasteiger partial charge in [0.05, 0.1) is 5.56 Å². The van der Waals surface area contributed by atoms with E-state index in [1.807, 2.05) is 19.9 Å². The van der Waals surface area contributed by atoms with Gasteiger partial charge >= 0.3 is 5.97 Å². The second-order valence-electron chi connectivity index (χ2n) is 4.48. The summed E-state index contributed by atoms with van der Waals surface area (Å²) < 4.78 is 13.3. The maximum atomic E-state index is 13.3. The summed E-state index contributed by atoms with van der Waals surface area (Å²) in [5.41, 5.74) is 0.566. The molecule has 0 amide bonds. The molecule has 0 atom stereocenters. The summed E-state index contributed by atoms with van der Waals surface area (Å²) in [4.78, 5) is 19.8. The predicted octanol–water partition coefficient (Wildman–Crippen LogP) is 3.59. The molecule has 2 aromatic rings. The number of halogens is 1. The molecular weight excluding hydrogens is 279 g/mol. The van der Waals surface area contributed by atoms with Crippen molar-refractivity contribution in [1.82, 2.24) is 9.97 Å². The highest BCUT2D eigenvalue weighted by molar-refractivity contribution is 7.99. The third kappa shape index (κ3) is 3.33. The summed E-state index contributed by atoms with van der Waals surface area (Å²) in [6.07, 6.45) is 1.47. The highest BCUT2D eigenvalue weighted by Gasteiger charge is 2.12. The molecule has 0 unspecified atom stereocenters. The van der Waals surface area contributed by atoms with Crippen molar-refractivity contribution in [2.24, 2.45) is 0 Å². The SMILES string of the molecule is CC(C)c1cc(Sc2ccc(F)c(C(=O)O)c2)ncn1. The second-order valence-corrected chi connectivity index (χ2v) is 5.58. The molecule has 0 saturated heterocycles. The van der Waals surface area contributed by atoms with E-state index >= 15 is 0 Å². The van der Waals surface area contributed by atoms with E-state index < -0.39 is 11.8 Å². The molecule has 1 heterocycles. The number of rotatable bonds is 4. The molecule has 2 rings (SSSR count). The minimum absolute atomic E-state index is 0.278. The zero-order chi connectivity index (χ0) is 14.7. The van der Waals surface area contributed by atoms with E-state index in [9.17, 15) is 9.18 Å². The molecule has 0 bridgehead atoms. The summed E-state index contributed by atoms with van der Waals surface area (Å²) in [7, 11) is 0. The van der Waals surface area contributed by atoms with Crippen LogP contribution >= 0.6 is 11.8 Å². The van der Waals surface area contributed by atoms with E-state index in [0.717, 1.165) is 11.8 Å². The van der Waals surface area contributed by atoms with E-state index in [2.05, 4.69) is 9.97 Å². The Hall–Kier alpha value is -1.95. The van der Waals surface area contributed by atoms with Crippen molar-refractivity contribution < 1.29 is 14.3 Å². The molecule has 1 aromatic heterocycles. The van der Waals surface area contributed by atoms with Crippen molar-refractivity contribution in [3.8, 4) is 0 Å². The van der Waals surface area contributed by atoms with Gasteiger partial charge in [-0.3, -0.25) is 0 Å². The first-order chi connectivity index (χ1) is 9.47. The Morgan fingerprint density at radius 2 is 2.05 bits per heavy atom. The highest BCUT2D eigenvalue weighted by atomic mass is 32.2. The van der Waals surface area contributed by atoms with Crippen LogP contribution in [0.3, 0.4) is 0 Å². The van der Waals surface area contributed by atoms with Gasteiger partial charge in [-0.05, 0) is 30.2 Å². The average molecular weight is 292 g/mol. The standard InChI is InChI=1S/C14H13FN2O2S/c1-8(2)12-6-13(17-7-16-12)20-9-3-4-11(15)10(5-9)14(18)19/h3-8H,1-2H3,(H,18,19). The zero-order valence-corrected chi connectivity index (χ0v) is 11.8. The van der Waals surface area contributed by atoms with Gasteiger partial charge in [0.2, 0.25) is 0 Å². The van der Waals surface area contributed by atoms with Crippen LogP contribution in [-0.2, 0) is 0 Å². The maximum Gasteiger partial charge on any atom is 0.338 e. The fourth-order valence-corrected chi connectivity index (χ4v) is 2.41. The molecule has 0 aliphatic heterocycles. The number of hydrogen-bond donors (Lipinski definition) is 1. The van der Waals surface area contributed by atoms with Gasteiger partial charge in [0.1, 0.15) is 17.2 Å². The number of aromatic carboxylic acids is 1. The van der Waals surface area contributed by atoms with Crippen molar-refractivity contribution in [2.75, 3.05) is 0 Å². The van der Waals surface area contributed by atoms with Gasteiger partial charge in [-0.1, -0.05) is 25.6 Å². The van der Waals surface area contributed by atoms with E-state index in [1.165, 1.54) is 30.2 Å². The van der Waals surface area contributed by atoms with E-state index in [4.69, 9.17) is 5.11 Å². The largest absolute Gasteiger partial charge is 0.478 e. The number of carbonyl (C=O) groups is 1. The lowest BCUT2D eigenvalue weighted by atomic mass is 10.1. The fraction of sp³-hybridized carbons (Fsp3) is 0.214. The zero-order valence-electron chi connectivity index (χ0n) is 11.0. The molecule has 0 fully saturated rings. The van der Waals surface area contributed by atoms with Crippen molar-refractivity contribution in [2.45, 2.75) is 29.7 Å². The van der Waals surface area contributed by atoms with Gasteiger partial charge in [-0.15, -0.1) is 0 Å². The van der Waals surface area contributed by atoms with Crippen molar-refractivity contribution >= 4 is 17.7 Å². The van der Waals surface area contributed by atoms with Gasteiger partial charge < -0.3 is 5.11 Å². The normalized spacial score (nSPS) is 10.8. The molecule has 4 nitrogen and oxygen atoms in total. The van der Waals surface area contributed by atoms with Crippen LogP contribution in [0.4, 0.5) is 4.39 Å². The number of carboxylic acids is 1. The summed E-state index contributed by atoms with van der Waals surface area (Å²) in [5.74, 6) is -1.75. The molecule has 0 spiro atoms. The van der Waals surface area contributed by atoms with Crippen LogP contribution in [-0.4, -0.2) is 21.0 Å². The number of benzene rings is 1. The Bertz CT molecular complexity index is 647. The average Bonchev–Trinajstić information content (AvgIpc) is 2.41. The predicted molar refractivity (Wildman–Crippen MR) is 73.6 cm³/mol. The van der Waals surface area contributed by atoms with Crippen molar-refractivity contribution in [3.05, 3.63) is 47.7 Å². The molecule has 0 aliphatic carbocycles. The topological polar surface area (TPSA) is 63.1 Å². The smallest absolute Gasteiger partial charge is 0.338 e. The number of nitrogens with zero attached hydrogens (tertiary/aromatic N) is 2. The molecule has 6 heteroatoms. The summed E-state index contributed by atoms with van der Waals surface area (Å²) in [6, 6.07) is 5.83. The minimum atomic E-state index is -1.28. The molecule has 1 aromatic carbocycles. The Morgan fingerprint density at radius 3 is 2.70 bits per heavy atom. The molecular formula is C14H13FN2O2S. The van der Waals surface area contributed by atoms with Gasteiger partial charge in [-0.25, -0.2) is 19.2 Å². The van der Waals surface area contributed by atoms with Gasteiger partial charge in [-0.2, -0.15) is 0 Å². The van der Waals surface area contributed by atoms with Crippen LogP contribution in [0, 0.1) is 5.82 Å². The summed E-state index contributed by atoms with van der Waals surface area (Å²) in [5, 5.41) is 9.60. The van der Waals surface area contributed by atoms with Crippen LogP contribution in [0.1, 0.15) is 35.8 Å². The van der Waals surface area contributed by atoms with E-state index in [-0.39, 0.29) is 11.5 Å². The quantitative estimate of drug-likeness (QED) is 0.872. The van der Waals surface area contributed by atoms with Crippen LogP contribution in [0.25, 0.3) is 0 Å². The van der Waals surface area contributed by atoms with Crippen LogP contribution in [0.5, 0.6) is 0 Å². The number of aromatic nitrogens is 2. The van der Waals surface area contributed by atoms with Gasteiger partial charge in [0.15, 0.2) is 0 Å². The molecule has 0 saturated carbocycles. The van der Waals surface area contributed by atoms with Crippen molar-refractivity contribution in [3.63, 3.8) is 0 Å². The third-order valence-electron chi connectivity index (χ3n) is 2.65. The van der Waals surface area contributed by atoms with Crippen molar-refractivity contribution in [1.29, 1.82) is 0 Å².